The highest BCUT2D eigenvalue weighted by molar-refractivity contribution is 5.85. The number of aryl methyl sites for hydroxylation is 1. The number of nitrogens with two attached hydrogens (primary N) is 1. The summed E-state index contributed by atoms with van der Waals surface area (Å²) >= 11 is 0. The molecule has 0 atom stereocenters. The minimum atomic E-state index is -1.13. The number of rotatable bonds is 1. The normalized spacial score (nSPS) is 11.0. The molecule has 0 spiro atoms. The molecule has 23 heavy (non-hydrogen) atoms. The van der Waals surface area contributed by atoms with Gasteiger partial charge in [0.15, 0.2) is 28.6 Å². The molecule has 3 N–H and O–H groups in total. The van der Waals surface area contributed by atoms with Crippen molar-refractivity contribution >= 4 is 29.4 Å². The van der Waals surface area contributed by atoms with E-state index in [1.807, 2.05) is 7.05 Å². The largest absolute Gasteiger partial charge is 0.461 e. The molecule has 3 aromatic heterocycles. The van der Waals surface area contributed by atoms with E-state index in [-0.39, 0.29) is 24.0 Å². The van der Waals surface area contributed by atoms with Crippen molar-refractivity contribution in [2.24, 2.45) is 7.05 Å². The van der Waals surface area contributed by atoms with Gasteiger partial charge in [0.1, 0.15) is 5.60 Å². The fourth-order valence-electron chi connectivity index (χ4n) is 1.97. The van der Waals surface area contributed by atoms with Crippen molar-refractivity contribution < 1.29 is 9.52 Å². The van der Waals surface area contributed by atoms with Gasteiger partial charge in [-0.1, -0.05) is 5.92 Å². The number of nitrogen functional groups attached to an aromatic ring is 1. The highest BCUT2D eigenvalue weighted by Gasteiger charge is 2.17. The molecule has 0 aliphatic carbocycles. The Hall–Kier alpha value is -2.56. The van der Waals surface area contributed by atoms with E-state index in [1.165, 1.54) is 0 Å². The zero-order chi connectivity index (χ0) is 15.9. The van der Waals surface area contributed by atoms with E-state index in [1.54, 1.807) is 36.8 Å². The topological polar surface area (TPSA) is 103 Å². The van der Waals surface area contributed by atoms with Crippen molar-refractivity contribution in [2.45, 2.75) is 19.4 Å². The van der Waals surface area contributed by atoms with Gasteiger partial charge in [0.2, 0.25) is 5.82 Å². The zero-order valence-corrected chi connectivity index (χ0v) is 13.7. The number of aliphatic hydroxyl groups is 1. The molecule has 8 heteroatoms. The molecule has 0 saturated heterocycles. The number of imidazole rings is 1. The van der Waals surface area contributed by atoms with Crippen LogP contribution in [-0.2, 0) is 7.05 Å². The molecule has 0 saturated carbocycles. The van der Waals surface area contributed by atoms with Crippen molar-refractivity contribution in [3.05, 3.63) is 24.2 Å². The lowest BCUT2D eigenvalue weighted by atomic mass is 10.1. The summed E-state index contributed by atoms with van der Waals surface area (Å²) in [4.78, 5) is 12.9. The van der Waals surface area contributed by atoms with E-state index in [0.717, 1.165) is 0 Å². The summed E-state index contributed by atoms with van der Waals surface area (Å²) in [5, 5.41) is 9.65. The number of hydrogen-bond donors (Lipinski definition) is 2. The second kappa shape index (κ2) is 5.91. The van der Waals surface area contributed by atoms with Gasteiger partial charge in [0.25, 0.3) is 0 Å². The van der Waals surface area contributed by atoms with Crippen LogP contribution in [0.5, 0.6) is 0 Å². The standard InChI is InChI=1S/C15H15N5O2.ClH/c1-15(2,21)7-6-10-17-12(16)11-14(18-10)20(3)13(19-11)9-5-4-8-22-9;/h4-5,8,21H,1-3H3,(H2,16,17,18);1H. The molecule has 0 aromatic carbocycles. The Morgan fingerprint density at radius 3 is 2.65 bits per heavy atom. The number of hydrogen-bond acceptors (Lipinski definition) is 6. The summed E-state index contributed by atoms with van der Waals surface area (Å²) in [6, 6.07) is 3.59. The average molecular weight is 334 g/mol. The van der Waals surface area contributed by atoms with Crippen LogP contribution in [0.3, 0.4) is 0 Å². The van der Waals surface area contributed by atoms with Gasteiger partial charge < -0.3 is 19.8 Å². The SMILES string of the molecule is Cl.Cn1c(-c2ccco2)nc2c(N)nc(C#CC(C)(C)O)nc21. The molecule has 0 unspecified atom stereocenters. The van der Waals surface area contributed by atoms with E-state index in [9.17, 15) is 5.11 Å². The molecule has 0 amide bonds. The first kappa shape index (κ1) is 16.8. The number of anilines is 1. The second-order valence-electron chi connectivity index (χ2n) is 5.39. The molecule has 0 aliphatic rings. The van der Waals surface area contributed by atoms with Crippen LogP contribution >= 0.6 is 12.4 Å². The minimum absolute atomic E-state index is 0. The van der Waals surface area contributed by atoms with E-state index in [0.29, 0.717) is 22.7 Å². The lowest BCUT2D eigenvalue weighted by molar-refractivity contribution is 0.143. The smallest absolute Gasteiger partial charge is 0.209 e. The van der Waals surface area contributed by atoms with E-state index < -0.39 is 5.60 Å². The molecule has 7 nitrogen and oxygen atoms in total. The Bertz CT molecular complexity index is 898. The summed E-state index contributed by atoms with van der Waals surface area (Å²) in [6.45, 7) is 3.17. The highest BCUT2D eigenvalue weighted by atomic mass is 35.5. The van der Waals surface area contributed by atoms with Crippen LogP contribution in [0.1, 0.15) is 19.7 Å². The lowest BCUT2D eigenvalue weighted by Gasteiger charge is -2.05. The van der Waals surface area contributed by atoms with Gasteiger partial charge >= 0.3 is 0 Å². The van der Waals surface area contributed by atoms with Crippen molar-refractivity contribution in [1.82, 2.24) is 19.5 Å². The highest BCUT2D eigenvalue weighted by Crippen LogP contribution is 2.25. The van der Waals surface area contributed by atoms with Gasteiger partial charge in [-0.25, -0.2) is 15.0 Å². The first-order chi connectivity index (χ1) is 10.3. The van der Waals surface area contributed by atoms with Crippen LogP contribution in [0.15, 0.2) is 22.8 Å². The van der Waals surface area contributed by atoms with Crippen molar-refractivity contribution in [3.63, 3.8) is 0 Å². The molecule has 0 radical (unpaired) electrons. The number of fused-ring (bicyclic) bond motifs is 1. The van der Waals surface area contributed by atoms with Gasteiger partial charge in [-0.15, -0.1) is 12.4 Å². The fourth-order valence-corrected chi connectivity index (χ4v) is 1.97. The van der Waals surface area contributed by atoms with Crippen molar-refractivity contribution in [1.29, 1.82) is 0 Å². The van der Waals surface area contributed by atoms with E-state index in [2.05, 4.69) is 26.8 Å². The number of furan rings is 1. The van der Waals surface area contributed by atoms with Gasteiger partial charge in [0, 0.05) is 7.05 Å². The third-order valence-electron chi connectivity index (χ3n) is 2.97. The fraction of sp³-hybridized carbons (Fsp3) is 0.267. The molecule has 0 aliphatic heterocycles. The molecular weight excluding hydrogens is 318 g/mol. The van der Waals surface area contributed by atoms with Crippen LogP contribution in [0.25, 0.3) is 22.7 Å². The Kier molecular flexibility index (Phi) is 4.32. The molecule has 0 bridgehead atoms. The average Bonchev–Trinajstić information content (AvgIpc) is 3.05. The van der Waals surface area contributed by atoms with Crippen molar-refractivity contribution in [2.75, 3.05) is 5.73 Å². The third kappa shape index (κ3) is 3.28. The van der Waals surface area contributed by atoms with Gasteiger partial charge in [-0.3, -0.25) is 0 Å². The van der Waals surface area contributed by atoms with E-state index >= 15 is 0 Å². The van der Waals surface area contributed by atoms with Gasteiger partial charge in [-0.2, -0.15) is 0 Å². The van der Waals surface area contributed by atoms with Crippen molar-refractivity contribution in [3.8, 4) is 23.4 Å². The predicted octanol–water partition coefficient (Wildman–Crippen LogP) is 1.75. The molecule has 0 fully saturated rings. The van der Waals surface area contributed by atoms with Crippen LogP contribution in [0, 0.1) is 11.8 Å². The molecule has 3 heterocycles. The summed E-state index contributed by atoms with van der Waals surface area (Å²) in [5.74, 6) is 7.07. The maximum Gasteiger partial charge on any atom is 0.209 e. The summed E-state index contributed by atoms with van der Waals surface area (Å²) in [6.07, 6.45) is 1.57. The first-order valence-corrected chi connectivity index (χ1v) is 6.64. The third-order valence-corrected chi connectivity index (χ3v) is 2.97. The Balaban J connectivity index is 0.00000192. The maximum atomic E-state index is 9.65. The molecule has 120 valence electrons. The predicted molar refractivity (Wildman–Crippen MR) is 88.8 cm³/mol. The van der Waals surface area contributed by atoms with Gasteiger partial charge in [0.05, 0.1) is 6.26 Å². The monoisotopic (exact) mass is 333 g/mol. The summed E-state index contributed by atoms with van der Waals surface area (Å²) in [7, 11) is 1.81. The lowest BCUT2D eigenvalue weighted by Crippen LogP contribution is -2.14. The minimum Gasteiger partial charge on any atom is -0.461 e. The van der Waals surface area contributed by atoms with Gasteiger partial charge in [-0.05, 0) is 31.9 Å². The van der Waals surface area contributed by atoms with Crippen LogP contribution < -0.4 is 5.73 Å². The van der Waals surface area contributed by atoms with Crippen LogP contribution in [-0.4, -0.2) is 30.2 Å². The second-order valence-corrected chi connectivity index (χ2v) is 5.39. The molecular formula is C15H16ClN5O2. The Morgan fingerprint density at radius 2 is 2.04 bits per heavy atom. The molecule has 3 rings (SSSR count). The number of halogens is 1. The first-order valence-electron chi connectivity index (χ1n) is 6.64. The number of aromatic nitrogens is 4. The quantitative estimate of drug-likeness (QED) is 0.658. The Labute approximate surface area is 139 Å². The Morgan fingerprint density at radius 1 is 1.30 bits per heavy atom. The summed E-state index contributed by atoms with van der Waals surface area (Å²) < 4.78 is 7.12. The number of nitrogens with zero attached hydrogens (tertiary/aromatic N) is 4. The van der Waals surface area contributed by atoms with Crippen LogP contribution in [0.2, 0.25) is 0 Å². The zero-order valence-electron chi connectivity index (χ0n) is 12.9. The summed E-state index contributed by atoms with van der Waals surface area (Å²) in [5.41, 5.74) is 5.86. The molecule has 3 aromatic rings. The maximum absolute atomic E-state index is 9.65. The van der Waals surface area contributed by atoms with E-state index in [4.69, 9.17) is 10.2 Å². The van der Waals surface area contributed by atoms with Crippen LogP contribution in [0.4, 0.5) is 5.82 Å².